The van der Waals surface area contributed by atoms with Crippen LogP contribution < -0.4 is 25.9 Å². The van der Waals surface area contributed by atoms with Crippen LogP contribution in [0.5, 0.6) is 11.5 Å². The molecule has 0 saturated carbocycles. The molecule has 9 heteroatoms. The van der Waals surface area contributed by atoms with Gasteiger partial charge in [0.05, 0.1) is 19.1 Å². The van der Waals surface area contributed by atoms with Crippen molar-refractivity contribution in [2.24, 2.45) is 0 Å². The fraction of sp³-hybridized carbons (Fsp3) is 0.280. The Morgan fingerprint density at radius 3 is 2.50 bits per heavy atom. The van der Waals surface area contributed by atoms with Crippen LogP contribution in [0.3, 0.4) is 0 Å². The summed E-state index contributed by atoms with van der Waals surface area (Å²) in [5.41, 5.74) is 5.22. The molecule has 3 rings (SSSR count). The Morgan fingerprint density at radius 2 is 1.79 bits per heavy atom. The first kappa shape index (κ1) is 24.5. The maximum Gasteiger partial charge on any atom is 0.290 e. The highest BCUT2D eigenvalue weighted by Crippen LogP contribution is 2.28. The van der Waals surface area contributed by atoms with Gasteiger partial charge in [-0.15, -0.1) is 0 Å². The summed E-state index contributed by atoms with van der Waals surface area (Å²) in [5, 5.41) is 5.01. The summed E-state index contributed by atoms with van der Waals surface area (Å²) in [6, 6.07) is 12.1. The van der Waals surface area contributed by atoms with Crippen LogP contribution in [0.4, 0.5) is 0 Å². The predicted molar refractivity (Wildman–Crippen MR) is 130 cm³/mol. The van der Waals surface area contributed by atoms with E-state index < -0.39 is 11.8 Å². The number of fused-ring (bicyclic) bond motifs is 1. The fourth-order valence-corrected chi connectivity index (χ4v) is 3.28. The SMILES string of the molecule is CCCOc1ccc(/C=C/C(=O)NNC(=O)c2nn(CCC)c(=O)c3ccccc23)cc1OC. The lowest BCUT2D eigenvalue weighted by molar-refractivity contribution is -0.117. The van der Waals surface area contributed by atoms with Gasteiger partial charge < -0.3 is 9.47 Å². The number of carbonyl (C=O) groups is 2. The largest absolute Gasteiger partial charge is 0.493 e. The summed E-state index contributed by atoms with van der Waals surface area (Å²) in [6.07, 6.45) is 4.43. The molecule has 1 heterocycles. The zero-order chi connectivity index (χ0) is 24.5. The number of carbonyl (C=O) groups excluding carboxylic acids is 2. The molecule has 0 spiro atoms. The molecule has 2 amide bonds. The molecule has 178 valence electrons. The van der Waals surface area contributed by atoms with Gasteiger partial charge in [-0.3, -0.25) is 25.2 Å². The molecule has 0 bridgehead atoms. The van der Waals surface area contributed by atoms with E-state index in [-0.39, 0.29) is 11.3 Å². The molecule has 0 unspecified atom stereocenters. The van der Waals surface area contributed by atoms with Gasteiger partial charge in [-0.2, -0.15) is 5.10 Å². The number of methoxy groups -OCH3 is 1. The van der Waals surface area contributed by atoms with Crippen LogP contribution in [0.2, 0.25) is 0 Å². The molecule has 34 heavy (non-hydrogen) atoms. The van der Waals surface area contributed by atoms with Crippen molar-refractivity contribution >= 4 is 28.7 Å². The maximum absolute atomic E-state index is 12.8. The number of rotatable bonds is 9. The van der Waals surface area contributed by atoms with Crippen molar-refractivity contribution in [2.45, 2.75) is 33.2 Å². The highest BCUT2D eigenvalue weighted by atomic mass is 16.5. The normalized spacial score (nSPS) is 10.9. The molecular formula is C25H28N4O5. The smallest absolute Gasteiger partial charge is 0.290 e. The van der Waals surface area contributed by atoms with E-state index in [0.717, 1.165) is 12.0 Å². The number of hydrogen-bond acceptors (Lipinski definition) is 6. The summed E-state index contributed by atoms with van der Waals surface area (Å²) in [7, 11) is 1.55. The van der Waals surface area contributed by atoms with E-state index in [9.17, 15) is 14.4 Å². The van der Waals surface area contributed by atoms with Crippen molar-refractivity contribution in [1.29, 1.82) is 0 Å². The van der Waals surface area contributed by atoms with Gasteiger partial charge in [-0.05, 0) is 42.7 Å². The number of hydrogen-bond donors (Lipinski definition) is 2. The number of benzene rings is 2. The van der Waals surface area contributed by atoms with E-state index in [1.807, 2.05) is 13.8 Å². The van der Waals surface area contributed by atoms with E-state index in [1.54, 1.807) is 55.7 Å². The van der Waals surface area contributed by atoms with Crippen LogP contribution in [0.1, 0.15) is 42.7 Å². The second kappa shape index (κ2) is 11.6. The van der Waals surface area contributed by atoms with Crippen molar-refractivity contribution in [3.05, 3.63) is 70.2 Å². The van der Waals surface area contributed by atoms with Crippen LogP contribution in [0.15, 0.2) is 53.3 Å². The first-order valence-electron chi connectivity index (χ1n) is 11.1. The maximum atomic E-state index is 12.8. The van der Waals surface area contributed by atoms with Crippen LogP contribution in [-0.4, -0.2) is 35.3 Å². The number of aromatic nitrogens is 2. The van der Waals surface area contributed by atoms with Gasteiger partial charge in [0.2, 0.25) is 0 Å². The van der Waals surface area contributed by atoms with Crippen molar-refractivity contribution in [1.82, 2.24) is 20.6 Å². The van der Waals surface area contributed by atoms with E-state index >= 15 is 0 Å². The van der Waals surface area contributed by atoms with E-state index in [0.29, 0.717) is 41.8 Å². The topological polar surface area (TPSA) is 112 Å². The van der Waals surface area contributed by atoms with Gasteiger partial charge in [0, 0.05) is 18.0 Å². The van der Waals surface area contributed by atoms with Crippen LogP contribution >= 0.6 is 0 Å². The lowest BCUT2D eigenvalue weighted by Gasteiger charge is -2.11. The number of nitrogens with one attached hydrogen (secondary N) is 2. The minimum atomic E-state index is -0.623. The lowest BCUT2D eigenvalue weighted by Crippen LogP contribution is -2.42. The lowest BCUT2D eigenvalue weighted by atomic mass is 10.1. The summed E-state index contributed by atoms with van der Waals surface area (Å²) in [4.78, 5) is 37.6. The molecule has 0 saturated heterocycles. The first-order valence-corrected chi connectivity index (χ1v) is 11.1. The molecule has 0 aliphatic heterocycles. The molecule has 2 aromatic carbocycles. The molecule has 2 N–H and O–H groups in total. The number of nitrogens with zero attached hydrogens (tertiary/aromatic N) is 2. The summed E-state index contributed by atoms with van der Waals surface area (Å²) < 4.78 is 12.2. The van der Waals surface area contributed by atoms with E-state index in [4.69, 9.17) is 9.47 Å². The number of amides is 2. The van der Waals surface area contributed by atoms with Gasteiger partial charge in [0.1, 0.15) is 0 Å². The number of ether oxygens (including phenoxy) is 2. The zero-order valence-corrected chi connectivity index (χ0v) is 19.5. The van der Waals surface area contributed by atoms with Crippen LogP contribution in [0, 0.1) is 0 Å². The zero-order valence-electron chi connectivity index (χ0n) is 19.5. The average molecular weight is 465 g/mol. The van der Waals surface area contributed by atoms with Gasteiger partial charge in [-0.25, -0.2) is 4.68 Å². The van der Waals surface area contributed by atoms with Gasteiger partial charge in [0.25, 0.3) is 17.4 Å². The minimum absolute atomic E-state index is 0.0559. The summed E-state index contributed by atoms with van der Waals surface area (Å²) in [6.45, 7) is 4.89. The van der Waals surface area contributed by atoms with E-state index in [1.165, 1.54) is 10.8 Å². The second-order valence-electron chi connectivity index (χ2n) is 7.46. The Bertz CT molecular complexity index is 1270. The standard InChI is InChI=1S/C25H28N4O5/c1-4-14-29-25(32)19-9-7-6-8-18(19)23(28-29)24(31)27-26-22(30)13-11-17-10-12-20(34-15-5-2)21(16-17)33-3/h6-13,16H,4-5,14-15H2,1-3H3,(H,26,30)(H,27,31)/b13-11+. The summed E-state index contributed by atoms with van der Waals surface area (Å²) in [5.74, 6) is 0.0264. The second-order valence-corrected chi connectivity index (χ2v) is 7.46. The molecule has 9 nitrogen and oxygen atoms in total. The molecule has 0 atom stereocenters. The van der Waals surface area contributed by atoms with Crippen LogP contribution in [-0.2, 0) is 11.3 Å². The van der Waals surface area contributed by atoms with Crippen LogP contribution in [0.25, 0.3) is 16.8 Å². The van der Waals surface area contributed by atoms with Gasteiger partial charge in [-0.1, -0.05) is 38.1 Å². The Morgan fingerprint density at radius 1 is 1.03 bits per heavy atom. The quantitative estimate of drug-likeness (QED) is 0.372. The molecule has 0 aliphatic carbocycles. The Kier molecular flexibility index (Phi) is 8.39. The molecular weight excluding hydrogens is 436 g/mol. The molecule has 3 aromatic rings. The predicted octanol–water partition coefficient (Wildman–Crippen LogP) is 3.08. The Hall–Kier alpha value is -4.14. The first-order chi connectivity index (χ1) is 16.5. The third-order valence-corrected chi connectivity index (χ3v) is 4.89. The fourth-order valence-electron chi connectivity index (χ4n) is 3.28. The average Bonchev–Trinajstić information content (AvgIpc) is 2.86. The van der Waals surface area contributed by atoms with Crippen molar-refractivity contribution in [3.63, 3.8) is 0 Å². The number of hydrazine groups is 1. The molecule has 0 aliphatic rings. The van der Waals surface area contributed by atoms with Crippen molar-refractivity contribution in [2.75, 3.05) is 13.7 Å². The van der Waals surface area contributed by atoms with Gasteiger partial charge in [0.15, 0.2) is 17.2 Å². The molecule has 1 aromatic heterocycles. The number of aryl methyl sites for hydroxylation is 1. The molecule has 0 fully saturated rings. The molecule has 0 radical (unpaired) electrons. The summed E-state index contributed by atoms with van der Waals surface area (Å²) >= 11 is 0. The van der Waals surface area contributed by atoms with E-state index in [2.05, 4.69) is 16.0 Å². The Balaban J connectivity index is 1.70. The van der Waals surface area contributed by atoms with Gasteiger partial charge >= 0.3 is 0 Å². The third kappa shape index (κ3) is 5.80. The van der Waals surface area contributed by atoms with Crippen molar-refractivity contribution < 1.29 is 19.1 Å². The highest BCUT2D eigenvalue weighted by Gasteiger charge is 2.16. The highest BCUT2D eigenvalue weighted by molar-refractivity contribution is 6.05. The van der Waals surface area contributed by atoms with Crippen molar-refractivity contribution in [3.8, 4) is 11.5 Å². The monoisotopic (exact) mass is 464 g/mol. The third-order valence-electron chi connectivity index (χ3n) is 4.89. The minimum Gasteiger partial charge on any atom is -0.493 e. The Labute approximate surface area is 197 Å².